The third-order valence-corrected chi connectivity index (χ3v) is 4.03. The number of aromatic nitrogens is 2. The minimum Gasteiger partial charge on any atom is -0.363 e. The minimum atomic E-state index is -4.43. The first kappa shape index (κ1) is 19.3. The largest absolute Gasteiger partial charge is 0.416 e. The molecular formula is C20H17F3N4O. The molecule has 0 aliphatic carbocycles. The lowest BCUT2D eigenvalue weighted by Gasteiger charge is -2.15. The first-order valence-electron chi connectivity index (χ1n) is 8.45. The van der Waals surface area contributed by atoms with Crippen molar-refractivity contribution in [3.8, 4) is 0 Å². The monoisotopic (exact) mass is 386 g/mol. The van der Waals surface area contributed by atoms with Crippen molar-refractivity contribution in [2.75, 3.05) is 10.6 Å². The van der Waals surface area contributed by atoms with Crippen LogP contribution < -0.4 is 10.6 Å². The van der Waals surface area contributed by atoms with Gasteiger partial charge in [-0.3, -0.25) is 4.79 Å². The summed E-state index contributed by atoms with van der Waals surface area (Å²) in [5, 5.41) is 5.71. The molecule has 0 aliphatic heterocycles. The summed E-state index contributed by atoms with van der Waals surface area (Å²) in [5.74, 6) is -0.0819. The second-order valence-electron chi connectivity index (χ2n) is 6.09. The van der Waals surface area contributed by atoms with E-state index in [1.807, 2.05) is 37.3 Å². The molecule has 0 saturated carbocycles. The Morgan fingerprint density at radius 1 is 1.00 bits per heavy atom. The third kappa shape index (κ3) is 4.85. The van der Waals surface area contributed by atoms with Crippen LogP contribution in [0, 0.1) is 0 Å². The van der Waals surface area contributed by atoms with E-state index < -0.39 is 17.6 Å². The number of benzene rings is 2. The lowest BCUT2D eigenvalue weighted by Crippen LogP contribution is -2.15. The molecule has 0 fully saturated rings. The molecule has 2 N–H and O–H groups in total. The molecule has 0 aliphatic rings. The zero-order chi connectivity index (χ0) is 20.1. The van der Waals surface area contributed by atoms with E-state index in [-0.39, 0.29) is 17.4 Å². The molecule has 1 heterocycles. The maximum atomic E-state index is 12.6. The molecule has 2 aromatic carbocycles. The highest BCUT2D eigenvalue weighted by Gasteiger charge is 2.30. The lowest BCUT2D eigenvalue weighted by atomic mass is 10.1. The second-order valence-corrected chi connectivity index (χ2v) is 6.09. The van der Waals surface area contributed by atoms with E-state index in [2.05, 4.69) is 20.6 Å². The van der Waals surface area contributed by atoms with Crippen molar-refractivity contribution in [1.29, 1.82) is 0 Å². The van der Waals surface area contributed by atoms with Crippen LogP contribution in [0.1, 0.15) is 34.6 Å². The van der Waals surface area contributed by atoms with Gasteiger partial charge in [0.05, 0.1) is 5.56 Å². The zero-order valence-corrected chi connectivity index (χ0v) is 14.9. The molecule has 0 spiro atoms. The van der Waals surface area contributed by atoms with Gasteiger partial charge in [-0.15, -0.1) is 0 Å². The van der Waals surface area contributed by atoms with Crippen molar-refractivity contribution >= 4 is 17.4 Å². The van der Waals surface area contributed by atoms with Crippen LogP contribution in [0.2, 0.25) is 0 Å². The Hall–Kier alpha value is -3.42. The summed E-state index contributed by atoms with van der Waals surface area (Å²) in [6.07, 6.45) is -3.17. The van der Waals surface area contributed by atoms with Crippen molar-refractivity contribution in [2.45, 2.75) is 19.1 Å². The Bertz CT molecular complexity index is 944. The van der Waals surface area contributed by atoms with Crippen molar-refractivity contribution < 1.29 is 18.0 Å². The average Bonchev–Trinajstić information content (AvgIpc) is 2.68. The Morgan fingerprint density at radius 2 is 1.68 bits per heavy atom. The van der Waals surface area contributed by atoms with E-state index in [1.165, 1.54) is 24.5 Å². The number of nitrogens with zero attached hydrogens (tertiary/aromatic N) is 2. The fourth-order valence-corrected chi connectivity index (χ4v) is 2.54. The Balaban J connectivity index is 1.68. The smallest absolute Gasteiger partial charge is 0.363 e. The van der Waals surface area contributed by atoms with Crippen LogP contribution >= 0.6 is 0 Å². The first-order valence-corrected chi connectivity index (χ1v) is 8.45. The van der Waals surface area contributed by atoms with E-state index in [9.17, 15) is 18.0 Å². The summed E-state index contributed by atoms with van der Waals surface area (Å²) in [4.78, 5) is 20.4. The molecule has 1 amide bonds. The first-order chi connectivity index (χ1) is 13.3. The molecule has 1 atom stereocenters. The summed E-state index contributed by atoms with van der Waals surface area (Å²) in [6, 6.07) is 15.4. The minimum absolute atomic E-state index is 0.0399. The molecule has 3 aromatic rings. The summed E-state index contributed by atoms with van der Waals surface area (Å²) < 4.78 is 37.8. The van der Waals surface area contributed by atoms with Crippen molar-refractivity contribution in [2.24, 2.45) is 0 Å². The van der Waals surface area contributed by atoms with E-state index in [0.29, 0.717) is 5.82 Å². The van der Waals surface area contributed by atoms with E-state index >= 15 is 0 Å². The van der Waals surface area contributed by atoms with Crippen LogP contribution in [0.15, 0.2) is 67.0 Å². The molecule has 8 heteroatoms. The summed E-state index contributed by atoms with van der Waals surface area (Å²) in [5.41, 5.74) is 0.604. The average molecular weight is 386 g/mol. The maximum Gasteiger partial charge on any atom is 0.416 e. The Morgan fingerprint density at radius 3 is 2.32 bits per heavy atom. The molecule has 0 saturated heterocycles. The standard InChI is InChI=1S/C20H17F3N4O/c1-13(14-5-3-2-4-6-14)26-18-11-17(24-12-25-18)19(28)27-16-9-7-15(8-10-16)20(21,22)23/h2-13H,1H3,(H,27,28)(H,24,25,26). The predicted molar refractivity (Wildman–Crippen MR) is 99.9 cm³/mol. The van der Waals surface area contributed by atoms with Gasteiger partial charge < -0.3 is 10.6 Å². The van der Waals surface area contributed by atoms with Crippen LogP contribution in [-0.2, 0) is 6.18 Å². The number of amides is 1. The highest BCUT2D eigenvalue weighted by Crippen LogP contribution is 2.29. The molecule has 0 bridgehead atoms. The van der Waals surface area contributed by atoms with Crippen LogP contribution in [-0.4, -0.2) is 15.9 Å². The zero-order valence-electron chi connectivity index (χ0n) is 14.9. The quantitative estimate of drug-likeness (QED) is 0.653. The number of alkyl halides is 3. The second kappa shape index (κ2) is 8.08. The van der Waals surface area contributed by atoms with Gasteiger partial charge in [0.15, 0.2) is 0 Å². The van der Waals surface area contributed by atoms with E-state index in [0.717, 1.165) is 17.7 Å². The molecule has 1 unspecified atom stereocenters. The molecule has 0 radical (unpaired) electrons. The van der Waals surface area contributed by atoms with Gasteiger partial charge in [0.1, 0.15) is 17.8 Å². The number of hydrogen-bond donors (Lipinski definition) is 2. The van der Waals surface area contributed by atoms with Crippen molar-refractivity contribution in [3.05, 3.63) is 83.8 Å². The van der Waals surface area contributed by atoms with Gasteiger partial charge in [0.2, 0.25) is 0 Å². The van der Waals surface area contributed by atoms with Crippen LogP contribution in [0.25, 0.3) is 0 Å². The SMILES string of the molecule is CC(Nc1cc(C(=O)Nc2ccc(C(F)(F)F)cc2)ncn1)c1ccccc1. The number of carbonyl (C=O) groups is 1. The lowest BCUT2D eigenvalue weighted by molar-refractivity contribution is -0.137. The van der Waals surface area contributed by atoms with Gasteiger partial charge >= 0.3 is 6.18 Å². The fraction of sp³-hybridized carbons (Fsp3) is 0.150. The van der Waals surface area contributed by atoms with Gasteiger partial charge in [-0.2, -0.15) is 13.2 Å². The fourth-order valence-electron chi connectivity index (χ4n) is 2.54. The highest BCUT2D eigenvalue weighted by atomic mass is 19.4. The van der Waals surface area contributed by atoms with Crippen molar-refractivity contribution in [1.82, 2.24) is 9.97 Å². The normalized spacial score (nSPS) is 12.3. The number of anilines is 2. The number of rotatable bonds is 5. The van der Waals surface area contributed by atoms with Gasteiger partial charge in [0.25, 0.3) is 5.91 Å². The number of nitrogens with one attached hydrogen (secondary N) is 2. The van der Waals surface area contributed by atoms with Crippen LogP contribution in [0.4, 0.5) is 24.7 Å². The molecule has 3 rings (SSSR count). The Labute approximate surface area is 159 Å². The highest BCUT2D eigenvalue weighted by molar-refractivity contribution is 6.03. The van der Waals surface area contributed by atoms with E-state index in [1.54, 1.807) is 0 Å². The predicted octanol–water partition coefficient (Wildman–Crippen LogP) is 4.92. The maximum absolute atomic E-state index is 12.6. The summed E-state index contributed by atoms with van der Waals surface area (Å²) in [6.45, 7) is 1.96. The number of halogens is 3. The van der Waals surface area contributed by atoms with E-state index in [4.69, 9.17) is 0 Å². The number of hydrogen-bond acceptors (Lipinski definition) is 4. The molecular weight excluding hydrogens is 369 g/mol. The topological polar surface area (TPSA) is 66.9 Å². The molecule has 144 valence electrons. The summed E-state index contributed by atoms with van der Waals surface area (Å²) in [7, 11) is 0. The van der Waals surface area contributed by atoms with Gasteiger partial charge in [-0.25, -0.2) is 9.97 Å². The van der Waals surface area contributed by atoms with Gasteiger partial charge in [0, 0.05) is 17.8 Å². The van der Waals surface area contributed by atoms with Gasteiger partial charge in [-0.1, -0.05) is 30.3 Å². The third-order valence-electron chi connectivity index (χ3n) is 4.03. The Kier molecular flexibility index (Phi) is 5.58. The van der Waals surface area contributed by atoms with Gasteiger partial charge in [-0.05, 0) is 36.8 Å². The van der Waals surface area contributed by atoms with Crippen LogP contribution in [0.5, 0.6) is 0 Å². The molecule has 5 nitrogen and oxygen atoms in total. The summed E-state index contributed by atoms with van der Waals surface area (Å²) >= 11 is 0. The van der Waals surface area contributed by atoms with Crippen molar-refractivity contribution in [3.63, 3.8) is 0 Å². The van der Waals surface area contributed by atoms with Crippen LogP contribution in [0.3, 0.4) is 0 Å². The number of carbonyl (C=O) groups excluding carboxylic acids is 1. The molecule has 28 heavy (non-hydrogen) atoms. The molecule has 1 aromatic heterocycles.